The van der Waals surface area contributed by atoms with Crippen molar-refractivity contribution in [3.63, 3.8) is 0 Å². The SMILES string of the molecule is O=C(O)N1CCC[C@@H](Nc2ccc(Cl)cc2)C1. The van der Waals surface area contributed by atoms with Gasteiger partial charge in [0.05, 0.1) is 0 Å². The number of likely N-dealkylation sites (tertiary alicyclic amines) is 1. The molecule has 0 bridgehead atoms. The van der Waals surface area contributed by atoms with Crippen LogP contribution in [0.25, 0.3) is 0 Å². The number of hydrogen-bond donors (Lipinski definition) is 2. The second-order valence-electron chi connectivity index (χ2n) is 4.22. The summed E-state index contributed by atoms with van der Waals surface area (Å²) in [6.07, 6.45) is 1.05. The van der Waals surface area contributed by atoms with Gasteiger partial charge in [-0.2, -0.15) is 0 Å². The molecular weight excluding hydrogens is 240 g/mol. The first-order valence-corrected chi connectivity index (χ1v) is 6.03. The van der Waals surface area contributed by atoms with E-state index in [4.69, 9.17) is 16.7 Å². The van der Waals surface area contributed by atoms with E-state index in [-0.39, 0.29) is 6.04 Å². The zero-order valence-electron chi connectivity index (χ0n) is 9.40. The molecule has 1 aliphatic rings. The number of nitrogens with one attached hydrogen (secondary N) is 1. The van der Waals surface area contributed by atoms with Crippen LogP contribution < -0.4 is 5.32 Å². The van der Waals surface area contributed by atoms with Gasteiger partial charge in [-0.1, -0.05) is 11.6 Å². The molecule has 0 unspecified atom stereocenters. The van der Waals surface area contributed by atoms with Gasteiger partial charge in [-0.3, -0.25) is 0 Å². The van der Waals surface area contributed by atoms with Crippen LogP contribution in [0.5, 0.6) is 0 Å². The van der Waals surface area contributed by atoms with Crippen molar-refractivity contribution in [3.05, 3.63) is 29.3 Å². The summed E-state index contributed by atoms with van der Waals surface area (Å²) in [4.78, 5) is 12.3. The van der Waals surface area contributed by atoms with Crippen LogP contribution in [0.4, 0.5) is 10.5 Å². The standard InChI is InChI=1S/C12H15ClN2O2/c13-9-3-5-10(6-4-9)14-11-2-1-7-15(8-11)12(16)17/h3-6,11,14H,1-2,7-8H2,(H,16,17)/t11-/m1/s1. The number of piperidine rings is 1. The minimum absolute atomic E-state index is 0.182. The van der Waals surface area contributed by atoms with Gasteiger partial charge in [0.1, 0.15) is 0 Å². The molecule has 1 aromatic carbocycles. The van der Waals surface area contributed by atoms with E-state index in [1.54, 1.807) is 0 Å². The zero-order valence-corrected chi connectivity index (χ0v) is 10.2. The Morgan fingerprint density at radius 1 is 1.41 bits per heavy atom. The molecule has 1 aromatic rings. The van der Waals surface area contributed by atoms with Gasteiger partial charge < -0.3 is 15.3 Å². The first-order valence-electron chi connectivity index (χ1n) is 5.65. The summed E-state index contributed by atoms with van der Waals surface area (Å²) < 4.78 is 0. The van der Waals surface area contributed by atoms with E-state index in [2.05, 4.69) is 5.32 Å². The lowest BCUT2D eigenvalue weighted by molar-refractivity contribution is 0.133. The van der Waals surface area contributed by atoms with E-state index in [1.807, 2.05) is 24.3 Å². The minimum atomic E-state index is -0.840. The van der Waals surface area contributed by atoms with Crippen molar-refractivity contribution in [2.24, 2.45) is 0 Å². The molecule has 0 aromatic heterocycles. The fourth-order valence-corrected chi connectivity index (χ4v) is 2.18. The highest BCUT2D eigenvalue weighted by Crippen LogP contribution is 2.18. The molecule has 2 N–H and O–H groups in total. The lowest BCUT2D eigenvalue weighted by Crippen LogP contribution is -2.44. The highest BCUT2D eigenvalue weighted by molar-refractivity contribution is 6.30. The molecule has 17 heavy (non-hydrogen) atoms. The third-order valence-electron chi connectivity index (χ3n) is 2.91. The maximum absolute atomic E-state index is 10.9. The Bertz CT molecular complexity index is 394. The lowest BCUT2D eigenvalue weighted by atomic mass is 10.1. The normalized spacial score (nSPS) is 20.1. The molecule has 92 valence electrons. The molecule has 1 saturated heterocycles. The van der Waals surface area contributed by atoms with Crippen molar-refractivity contribution in [2.75, 3.05) is 18.4 Å². The Morgan fingerprint density at radius 3 is 2.76 bits per heavy atom. The number of nitrogens with zero attached hydrogens (tertiary/aromatic N) is 1. The van der Waals surface area contributed by atoms with Crippen LogP contribution in [0.2, 0.25) is 5.02 Å². The van der Waals surface area contributed by atoms with Crippen LogP contribution in [-0.2, 0) is 0 Å². The highest BCUT2D eigenvalue weighted by Gasteiger charge is 2.22. The second-order valence-corrected chi connectivity index (χ2v) is 4.66. The predicted molar refractivity (Wildman–Crippen MR) is 67.7 cm³/mol. The summed E-state index contributed by atoms with van der Waals surface area (Å²) >= 11 is 5.81. The molecule has 1 amide bonds. The number of anilines is 1. The van der Waals surface area contributed by atoms with Gasteiger partial charge in [0.2, 0.25) is 0 Å². The molecule has 1 heterocycles. The van der Waals surface area contributed by atoms with Crippen LogP contribution in [0.15, 0.2) is 24.3 Å². The van der Waals surface area contributed by atoms with Crippen molar-refractivity contribution in [1.82, 2.24) is 4.90 Å². The summed E-state index contributed by atoms with van der Waals surface area (Å²) in [5.74, 6) is 0. The summed E-state index contributed by atoms with van der Waals surface area (Å²) in [6, 6.07) is 7.63. The monoisotopic (exact) mass is 254 g/mol. The average molecular weight is 255 g/mol. The van der Waals surface area contributed by atoms with Crippen LogP contribution in [0.1, 0.15) is 12.8 Å². The van der Waals surface area contributed by atoms with Gasteiger partial charge in [0.25, 0.3) is 0 Å². The summed E-state index contributed by atoms with van der Waals surface area (Å²) in [5, 5.41) is 13.0. The predicted octanol–water partition coefficient (Wildman–Crippen LogP) is 2.89. The van der Waals surface area contributed by atoms with Gasteiger partial charge in [-0.05, 0) is 37.1 Å². The van der Waals surface area contributed by atoms with E-state index in [1.165, 1.54) is 4.90 Å². The summed E-state index contributed by atoms with van der Waals surface area (Å²) in [6.45, 7) is 1.17. The molecule has 0 saturated carbocycles. The van der Waals surface area contributed by atoms with Crippen molar-refractivity contribution < 1.29 is 9.90 Å². The molecule has 2 rings (SSSR count). The fraction of sp³-hybridized carbons (Fsp3) is 0.417. The smallest absolute Gasteiger partial charge is 0.407 e. The van der Waals surface area contributed by atoms with Gasteiger partial charge in [-0.25, -0.2) is 4.79 Å². The molecule has 4 nitrogen and oxygen atoms in total. The van der Waals surface area contributed by atoms with Gasteiger partial charge >= 0.3 is 6.09 Å². The van der Waals surface area contributed by atoms with Crippen molar-refractivity contribution >= 4 is 23.4 Å². The lowest BCUT2D eigenvalue weighted by Gasteiger charge is -2.31. The molecule has 5 heteroatoms. The van der Waals surface area contributed by atoms with Gasteiger partial charge in [0, 0.05) is 29.8 Å². The molecule has 1 aliphatic heterocycles. The summed E-state index contributed by atoms with van der Waals surface area (Å²) in [7, 11) is 0. The Balaban J connectivity index is 1.94. The van der Waals surface area contributed by atoms with Crippen LogP contribution in [-0.4, -0.2) is 35.2 Å². The van der Waals surface area contributed by atoms with Crippen LogP contribution in [0, 0.1) is 0 Å². The number of carbonyl (C=O) groups is 1. The van der Waals surface area contributed by atoms with Crippen LogP contribution in [0.3, 0.4) is 0 Å². The van der Waals surface area contributed by atoms with E-state index >= 15 is 0 Å². The molecule has 1 atom stereocenters. The molecule has 1 fully saturated rings. The third kappa shape index (κ3) is 3.27. The molecule has 0 spiro atoms. The Labute approximate surface area is 105 Å². The van der Waals surface area contributed by atoms with Crippen LogP contribution >= 0.6 is 11.6 Å². The molecule has 0 radical (unpaired) electrons. The number of amides is 1. The van der Waals surface area contributed by atoms with Crippen molar-refractivity contribution in [1.29, 1.82) is 0 Å². The maximum Gasteiger partial charge on any atom is 0.407 e. The fourth-order valence-electron chi connectivity index (χ4n) is 2.05. The maximum atomic E-state index is 10.9. The number of halogens is 1. The molecular formula is C12H15ClN2O2. The second kappa shape index (κ2) is 5.27. The van der Waals surface area contributed by atoms with E-state index < -0.39 is 6.09 Å². The van der Waals surface area contributed by atoms with Crippen molar-refractivity contribution in [3.8, 4) is 0 Å². The Hall–Kier alpha value is -1.42. The third-order valence-corrected chi connectivity index (χ3v) is 3.16. The van der Waals surface area contributed by atoms with Gasteiger partial charge in [0.15, 0.2) is 0 Å². The average Bonchev–Trinajstić information content (AvgIpc) is 2.32. The molecule has 0 aliphatic carbocycles. The quantitative estimate of drug-likeness (QED) is 0.853. The Morgan fingerprint density at radius 2 is 2.12 bits per heavy atom. The topological polar surface area (TPSA) is 52.6 Å². The minimum Gasteiger partial charge on any atom is -0.465 e. The zero-order chi connectivity index (χ0) is 12.3. The van der Waals surface area contributed by atoms with E-state index in [0.29, 0.717) is 18.1 Å². The number of rotatable bonds is 2. The Kier molecular flexibility index (Phi) is 3.74. The summed E-state index contributed by atoms with van der Waals surface area (Å²) in [5.41, 5.74) is 0.978. The number of carboxylic acid groups (broad SMARTS) is 1. The van der Waals surface area contributed by atoms with E-state index in [9.17, 15) is 4.79 Å². The largest absolute Gasteiger partial charge is 0.465 e. The number of hydrogen-bond acceptors (Lipinski definition) is 2. The highest BCUT2D eigenvalue weighted by atomic mass is 35.5. The first-order chi connectivity index (χ1) is 8.15. The van der Waals surface area contributed by atoms with E-state index in [0.717, 1.165) is 18.5 Å². The van der Waals surface area contributed by atoms with Gasteiger partial charge in [-0.15, -0.1) is 0 Å². The van der Waals surface area contributed by atoms with Crippen molar-refractivity contribution in [2.45, 2.75) is 18.9 Å². The first kappa shape index (κ1) is 12.0. The number of benzene rings is 1.